The monoisotopic (exact) mass is 279 g/mol. The summed E-state index contributed by atoms with van der Waals surface area (Å²) in [6.45, 7) is 8.66. The molecule has 0 spiro atoms. The predicted molar refractivity (Wildman–Crippen MR) is 78.8 cm³/mol. The highest BCUT2D eigenvalue weighted by molar-refractivity contribution is 5.21. The molecule has 0 aromatic carbocycles. The van der Waals surface area contributed by atoms with Gasteiger partial charge in [-0.3, -0.25) is 4.90 Å². The lowest BCUT2D eigenvalue weighted by Gasteiger charge is -2.45. The molecule has 2 atom stereocenters. The molecule has 1 aromatic rings. The Morgan fingerprint density at radius 1 is 1.55 bits per heavy atom. The molecule has 2 heterocycles. The first-order valence-electron chi connectivity index (χ1n) is 7.07. The number of aromatic nitrogens is 1. The summed E-state index contributed by atoms with van der Waals surface area (Å²) in [5, 5.41) is 0. The highest BCUT2D eigenvalue weighted by atomic mass is 16.5. The van der Waals surface area contributed by atoms with Crippen molar-refractivity contribution in [1.29, 1.82) is 0 Å². The fraction of sp³-hybridized carbons (Fsp3) is 0.667. The van der Waals surface area contributed by atoms with Gasteiger partial charge in [-0.15, -0.1) is 0 Å². The molecular formula is C15H25N3O2. The van der Waals surface area contributed by atoms with Crippen molar-refractivity contribution < 1.29 is 9.47 Å². The molecule has 0 saturated carbocycles. The van der Waals surface area contributed by atoms with E-state index in [1.807, 2.05) is 18.3 Å². The summed E-state index contributed by atoms with van der Waals surface area (Å²) in [7, 11) is 1.62. The van der Waals surface area contributed by atoms with E-state index in [1.54, 1.807) is 7.11 Å². The minimum absolute atomic E-state index is 0.148. The summed E-state index contributed by atoms with van der Waals surface area (Å²) >= 11 is 0. The zero-order chi connectivity index (χ0) is 14.8. The number of ether oxygens (including phenoxy) is 2. The van der Waals surface area contributed by atoms with Crippen LogP contribution in [0.4, 0.5) is 0 Å². The van der Waals surface area contributed by atoms with Gasteiger partial charge in [-0.1, -0.05) is 6.07 Å². The lowest BCUT2D eigenvalue weighted by atomic mass is 10.0. The van der Waals surface area contributed by atoms with E-state index in [4.69, 9.17) is 15.2 Å². The number of hydrogen-bond donors (Lipinski definition) is 1. The summed E-state index contributed by atoms with van der Waals surface area (Å²) in [5.41, 5.74) is 6.97. The minimum atomic E-state index is -0.148. The van der Waals surface area contributed by atoms with Crippen molar-refractivity contribution in [3.05, 3.63) is 23.9 Å². The number of rotatable bonds is 4. The largest absolute Gasteiger partial charge is 0.481 e. The van der Waals surface area contributed by atoms with E-state index < -0.39 is 0 Å². The van der Waals surface area contributed by atoms with Crippen LogP contribution in [0.3, 0.4) is 0 Å². The second kappa shape index (κ2) is 6.08. The van der Waals surface area contributed by atoms with Gasteiger partial charge in [0.2, 0.25) is 5.88 Å². The average Bonchev–Trinajstić information content (AvgIpc) is 2.38. The molecule has 5 heteroatoms. The molecule has 20 heavy (non-hydrogen) atoms. The van der Waals surface area contributed by atoms with Gasteiger partial charge in [0, 0.05) is 37.9 Å². The molecule has 0 amide bonds. The molecule has 1 saturated heterocycles. The maximum Gasteiger partial charge on any atom is 0.212 e. The molecule has 1 aliphatic heterocycles. The lowest BCUT2D eigenvalue weighted by Crippen LogP contribution is -2.53. The van der Waals surface area contributed by atoms with Crippen LogP contribution in [0.2, 0.25) is 0 Å². The molecule has 112 valence electrons. The third-order valence-electron chi connectivity index (χ3n) is 3.61. The Balaban J connectivity index is 2.18. The van der Waals surface area contributed by atoms with E-state index in [1.165, 1.54) is 0 Å². The number of hydrogen-bond acceptors (Lipinski definition) is 5. The van der Waals surface area contributed by atoms with Crippen LogP contribution in [-0.4, -0.2) is 48.3 Å². The fourth-order valence-electron chi connectivity index (χ4n) is 2.95. The summed E-state index contributed by atoms with van der Waals surface area (Å²) < 4.78 is 11.1. The first-order valence-corrected chi connectivity index (χ1v) is 7.07. The number of morpholine rings is 1. The quantitative estimate of drug-likeness (QED) is 0.907. The van der Waals surface area contributed by atoms with Crippen molar-refractivity contribution in [2.24, 2.45) is 5.73 Å². The van der Waals surface area contributed by atoms with E-state index >= 15 is 0 Å². The van der Waals surface area contributed by atoms with Gasteiger partial charge in [0.25, 0.3) is 0 Å². The smallest absolute Gasteiger partial charge is 0.212 e. The summed E-state index contributed by atoms with van der Waals surface area (Å²) in [6, 6.07) is 4.09. The zero-order valence-corrected chi connectivity index (χ0v) is 12.8. The maximum atomic E-state index is 6.00. The Bertz CT molecular complexity index is 433. The van der Waals surface area contributed by atoms with E-state index in [0.717, 1.165) is 18.7 Å². The van der Waals surface area contributed by atoms with Crippen LogP contribution in [0, 0.1) is 0 Å². The van der Waals surface area contributed by atoms with Crippen LogP contribution in [0.1, 0.15) is 32.4 Å². The van der Waals surface area contributed by atoms with Gasteiger partial charge >= 0.3 is 0 Å². The second-order valence-corrected chi connectivity index (χ2v) is 6.00. The molecule has 0 aliphatic carbocycles. The van der Waals surface area contributed by atoms with E-state index in [-0.39, 0.29) is 17.7 Å². The van der Waals surface area contributed by atoms with Gasteiger partial charge in [-0.2, -0.15) is 0 Å². The topological polar surface area (TPSA) is 60.6 Å². The Kier molecular flexibility index (Phi) is 4.62. The SMILES string of the molecule is COc1ccc(C(CN)N2CC(C)OC(C)(C)C2)cn1. The number of nitrogens with zero attached hydrogens (tertiary/aromatic N) is 2. The summed E-state index contributed by atoms with van der Waals surface area (Å²) in [6.07, 6.45) is 2.06. The van der Waals surface area contributed by atoms with Crippen LogP contribution in [0.25, 0.3) is 0 Å². The summed E-state index contributed by atoms with van der Waals surface area (Å²) in [4.78, 5) is 6.67. The Hall–Kier alpha value is -1.17. The van der Waals surface area contributed by atoms with Crippen molar-refractivity contribution >= 4 is 0 Å². The fourth-order valence-corrected chi connectivity index (χ4v) is 2.95. The normalized spacial score (nSPS) is 24.4. The zero-order valence-electron chi connectivity index (χ0n) is 12.8. The Morgan fingerprint density at radius 2 is 2.30 bits per heavy atom. The lowest BCUT2D eigenvalue weighted by molar-refractivity contribution is -0.137. The van der Waals surface area contributed by atoms with Crippen molar-refractivity contribution in [1.82, 2.24) is 9.88 Å². The van der Waals surface area contributed by atoms with Crippen molar-refractivity contribution in [2.45, 2.75) is 38.5 Å². The molecule has 0 bridgehead atoms. The molecule has 1 aliphatic rings. The van der Waals surface area contributed by atoms with E-state index in [2.05, 4.69) is 30.7 Å². The third kappa shape index (κ3) is 3.48. The van der Waals surface area contributed by atoms with Crippen molar-refractivity contribution in [3.63, 3.8) is 0 Å². The second-order valence-electron chi connectivity index (χ2n) is 6.00. The standard InChI is InChI=1S/C15H25N3O2/c1-11-9-18(10-15(2,3)20-11)13(7-16)12-5-6-14(19-4)17-8-12/h5-6,8,11,13H,7,9-10,16H2,1-4H3. The highest BCUT2D eigenvalue weighted by Crippen LogP contribution is 2.28. The molecule has 2 unspecified atom stereocenters. The van der Waals surface area contributed by atoms with Gasteiger partial charge in [0.05, 0.1) is 18.8 Å². The molecule has 1 aromatic heterocycles. The van der Waals surface area contributed by atoms with E-state index in [9.17, 15) is 0 Å². The Labute approximate surface area is 121 Å². The average molecular weight is 279 g/mol. The first kappa shape index (κ1) is 15.2. The van der Waals surface area contributed by atoms with Crippen LogP contribution in [0.5, 0.6) is 5.88 Å². The minimum Gasteiger partial charge on any atom is -0.481 e. The first-order chi connectivity index (χ1) is 9.45. The number of nitrogens with two attached hydrogens (primary N) is 1. The molecule has 0 radical (unpaired) electrons. The van der Waals surface area contributed by atoms with Gasteiger partial charge in [-0.25, -0.2) is 4.98 Å². The predicted octanol–water partition coefficient (Wildman–Crippen LogP) is 1.59. The van der Waals surface area contributed by atoms with Gasteiger partial charge in [-0.05, 0) is 26.3 Å². The van der Waals surface area contributed by atoms with Crippen molar-refractivity contribution in [2.75, 3.05) is 26.7 Å². The maximum absolute atomic E-state index is 6.00. The molecule has 2 rings (SSSR count). The summed E-state index contributed by atoms with van der Waals surface area (Å²) in [5.74, 6) is 0.625. The van der Waals surface area contributed by atoms with Gasteiger partial charge in [0.15, 0.2) is 0 Å². The van der Waals surface area contributed by atoms with Crippen LogP contribution >= 0.6 is 0 Å². The van der Waals surface area contributed by atoms with Crippen LogP contribution in [0.15, 0.2) is 18.3 Å². The Morgan fingerprint density at radius 3 is 2.80 bits per heavy atom. The highest BCUT2D eigenvalue weighted by Gasteiger charge is 2.34. The molecular weight excluding hydrogens is 254 g/mol. The molecule has 1 fully saturated rings. The van der Waals surface area contributed by atoms with Crippen LogP contribution < -0.4 is 10.5 Å². The number of methoxy groups -OCH3 is 1. The van der Waals surface area contributed by atoms with Crippen LogP contribution in [-0.2, 0) is 4.74 Å². The van der Waals surface area contributed by atoms with Gasteiger partial charge in [0.1, 0.15) is 0 Å². The van der Waals surface area contributed by atoms with E-state index in [0.29, 0.717) is 12.4 Å². The molecule has 5 nitrogen and oxygen atoms in total. The van der Waals surface area contributed by atoms with Gasteiger partial charge < -0.3 is 15.2 Å². The third-order valence-corrected chi connectivity index (χ3v) is 3.61. The number of pyridine rings is 1. The molecule has 2 N–H and O–H groups in total. The van der Waals surface area contributed by atoms with Crippen molar-refractivity contribution in [3.8, 4) is 5.88 Å².